The lowest BCUT2D eigenvalue weighted by Gasteiger charge is -2.24. The number of carbonyl (C=O) groups excluding carboxylic acids is 2. The second-order valence-corrected chi connectivity index (χ2v) is 13.9. The number of fused-ring (bicyclic) bond motifs is 1. The normalized spacial score (nSPS) is 14.7. The third kappa shape index (κ3) is 5.93. The SMILES string of the molecule is CCOc1ccc([C@H]2C(C(=O)c3sc(-c4ccccc4)nc3C)=C(O)C(=O)N2c2nnc(SCc3cccc4ccccc34)s2)cc1. The minimum absolute atomic E-state index is 0.0225. The molecule has 8 nitrogen and oxygen atoms in total. The lowest BCUT2D eigenvalue weighted by atomic mass is 9.95. The second kappa shape index (κ2) is 13.1. The monoisotopic (exact) mass is 676 g/mol. The molecule has 1 amide bonds. The molecule has 1 N–H and O–H groups in total. The molecule has 0 unspecified atom stereocenters. The van der Waals surface area contributed by atoms with Gasteiger partial charge in [-0.05, 0) is 47.9 Å². The number of rotatable bonds is 10. The van der Waals surface area contributed by atoms with Gasteiger partial charge in [0.15, 0.2) is 10.1 Å². The first-order chi connectivity index (χ1) is 22.9. The summed E-state index contributed by atoms with van der Waals surface area (Å²) in [6, 6.07) is 30.3. The zero-order valence-corrected chi connectivity index (χ0v) is 27.9. The van der Waals surface area contributed by atoms with Crippen molar-refractivity contribution in [3.05, 3.63) is 130 Å². The minimum atomic E-state index is -0.934. The number of amides is 1. The maximum atomic E-state index is 14.3. The number of carbonyl (C=O) groups is 2. The number of aliphatic hydroxyl groups excluding tert-OH is 1. The van der Waals surface area contributed by atoms with Crippen LogP contribution in [0, 0.1) is 6.92 Å². The molecule has 3 heterocycles. The summed E-state index contributed by atoms with van der Waals surface area (Å²) in [6.45, 7) is 4.16. The fourth-order valence-corrected chi connectivity index (χ4v) is 8.51. The summed E-state index contributed by atoms with van der Waals surface area (Å²) in [4.78, 5) is 34.5. The highest BCUT2D eigenvalue weighted by Gasteiger charge is 2.46. The lowest BCUT2D eigenvalue weighted by molar-refractivity contribution is -0.117. The highest BCUT2D eigenvalue weighted by Crippen LogP contribution is 2.45. The van der Waals surface area contributed by atoms with Crippen molar-refractivity contribution in [2.75, 3.05) is 11.5 Å². The van der Waals surface area contributed by atoms with Gasteiger partial charge >= 0.3 is 0 Å². The number of ether oxygens (including phenoxy) is 1. The van der Waals surface area contributed by atoms with E-state index in [1.165, 1.54) is 44.7 Å². The number of anilines is 1. The molecule has 0 radical (unpaired) electrons. The number of thiazole rings is 1. The Balaban J connectivity index is 1.23. The molecular weight excluding hydrogens is 649 g/mol. The standard InChI is InChI=1S/C36H28N4O4S3/c1-3-44-26-18-16-23(17-19-26)29-28(30(41)32-21(2)37-33(46-32)24-11-5-4-6-12-24)31(42)34(43)40(29)35-38-39-36(47-35)45-20-25-14-9-13-22-10-7-8-15-27(22)25/h4-19,29,42H,3,20H2,1-2H3/t29-/m0/s1. The average Bonchev–Trinajstić information content (AvgIpc) is 3.80. The van der Waals surface area contributed by atoms with E-state index in [0.29, 0.717) is 43.6 Å². The summed E-state index contributed by atoms with van der Waals surface area (Å²) in [7, 11) is 0. The number of Topliss-reactive ketones (excluding diaryl/α,β-unsaturated/α-hetero) is 1. The van der Waals surface area contributed by atoms with E-state index in [1.54, 1.807) is 31.2 Å². The van der Waals surface area contributed by atoms with E-state index < -0.39 is 23.5 Å². The first-order valence-corrected chi connectivity index (χ1v) is 17.5. The molecule has 7 rings (SSSR count). The summed E-state index contributed by atoms with van der Waals surface area (Å²) in [5.74, 6) is -0.456. The molecule has 1 aliphatic heterocycles. The van der Waals surface area contributed by atoms with Crippen LogP contribution in [-0.2, 0) is 10.5 Å². The number of hydrogen-bond donors (Lipinski definition) is 1. The van der Waals surface area contributed by atoms with E-state index in [1.807, 2.05) is 55.5 Å². The number of thioether (sulfide) groups is 1. The van der Waals surface area contributed by atoms with E-state index in [4.69, 9.17) is 4.74 Å². The summed E-state index contributed by atoms with van der Waals surface area (Å²) in [6.07, 6.45) is 0. The van der Waals surface area contributed by atoms with Crippen LogP contribution >= 0.6 is 34.4 Å². The number of nitrogens with zero attached hydrogens (tertiary/aromatic N) is 4. The molecule has 6 aromatic rings. The van der Waals surface area contributed by atoms with Crippen LogP contribution in [0.15, 0.2) is 113 Å². The van der Waals surface area contributed by atoms with Gasteiger partial charge in [0.05, 0.1) is 28.8 Å². The van der Waals surface area contributed by atoms with Gasteiger partial charge in [0, 0.05) is 11.3 Å². The summed E-state index contributed by atoms with van der Waals surface area (Å²) < 4.78 is 6.30. The first kappa shape index (κ1) is 30.8. The molecule has 0 spiro atoms. The molecule has 2 aromatic heterocycles. The van der Waals surface area contributed by atoms with E-state index in [9.17, 15) is 14.7 Å². The van der Waals surface area contributed by atoms with Crippen LogP contribution in [0.2, 0.25) is 0 Å². The molecule has 0 saturated carbocycles. The Bertz CT molecular complexity index is 2140. The maximum absolute atomic E-state index is 14.3. The van der Waals surface area contributed by atoms with E-state index in [0.717, 1.165) is 16.5 Å². The fraction of sp³-hybridized carbons (Fsp3) is 0.139. The Morgan fingerprint density at radius 2 is 1.68 bits per heavy atom. The van der Waals surface area contributed by atoms with Crippen molar-refractivity contribution in [1.82, 2.24) is 15.2 Å². The van der Waals surface area contributed by atoms with Crippen LogP contribution in [0.5, 0.6) is 5.75 Å². The number of aliphatic hydroxyl groups is 1. The molecule has 11 heteroatoms. The summed E-state index contributed by atoms with van der Waals surface area (Å²) >= 11 is 4.01. The van der Waals surface area contributed by atoms with Gasteiger partial charge in [-0.1, -0.05) is 108 Å². The van der Waals surface area contributed by atoms with Crippen LogP contribution in [0.1, 0.15) is 39.5 Å². The highest BCUT2D eigenvalue weighted by atomic mass is 32.2. The number of benzene rings is 4. The Morgan fingerprint density at radius 1 is 0.936 bits per heavy atom. The van der Waals surface area contributed by atoms with Crippen LogP contribution in [0.4, 0.5) is 5.13 Å². The van der Waals surface area contributed by atoms with Crippen molar-refractivity contribution in [2.24, 2.45) is 0 Å². The molecule has 0 aliphatic carbocycles. The van der Waals surface area contributed by atoms with Crippen LogP contribution < -0.4 is 9.64 Å². The molecule has 4 aromatic carbocycles. The predicted molar refractivity (Wildman–Crippen MR) is 188 cm³/mol. The van der Waals surface area contributed by atoms with Gasteiger partial charge in [-0.25, -0.2) is 4.98 Å². The Labute approximate surface area is 283 Å². The smallest absolute Gasteiger partial charge is 0.296 e. The van der Waals surface area contributed by atoms with Gasteiger partial charge in [0.1, 0.15) is 10.8 Å². The van der Waals surface area contributed by atoms with Crippen molar-refractivity contribution < 1.29 is 19.4 Å². The lowest BCUT2D eigenvalue weighted by Crippen LogP contribution is -2.31. The molecule has 0 bridgehead atoms. The molecule has 234 valence electrons. The first-order valence-electron chi connectivity index (χ1n) is 14.9. The van der Waals surface area contributed by atoms with E-state index in [2.05, 4.69) is 39.4 Å². The Kier molecular flexibility index (Phi) is 8.59. The zero-order chi connectivity index (χ0) is 32.5. The fourth-order valence-electron chi connectivity index (χ4n) is 5.61. The molecule has 47 heavy (non-hydrogen) atoms. The van der Waals surface area contributed by atoms with Crippen molar-refractivity contribution in [2.45, 2.75) is 30.0 Å². The van der Waals surface area contributed by atoms with Crippen molar-refractivity contribution >= 4 is 62.0 Å². The number of hydrogen-bond acceptors (Lipinski definition) is 10. The third-order valence-electron chi connectivity index (χ3n) is 7.82. The van der Waals surface area contributed by atoms with E-state index in [-0.39, 0.29) is 10.7 Å². The molecule has 0 fully saturated rings. The van der Waals surface area contributed by atoms with Crippen LogP contribution in [0.3, 0.4) is 0 Å². The van der Waals surface area contributed by atoms with Crippen molar-refractivity contribution in [3.63, 3.8) is 0 Å². The minimum Gasteiger partial charge on any atom is -0.503 e. The Hall–Kier alpha value is -4.84. The van der Waals surface area contributed by atoms with Crippen molar-refractivity contribution in [1.29, 1.82) is 0 Å². The predicted octanol–water partition coefficient (Wildman–Crippen LogP) is 8.60. The quantitative estimate of drug-likeness (QED) is 0.0874. The molecule has 0 saturated heterocycles. The van der Waals surface area contributed by atoms with Crippen LogP contribution in [-0.4, -0.2) is 38.6 Å². The highest BCUT2D eigenvalue weighted by molar-refractivity contribution is 8.00. The number of aromatic nitrogens is 3. The van der Waals surface area contributed by atoms with Gasteiger partial charge in [0.2, 0.25) is 10.9 Å². The van der Waals surface area contributed by atoms with Gasteiger partial charge in [-0.3, -0.25) is 14.5 Å². The van der Waals surface area contributed by atoms with Gasteiger partial charge < -0.3 is 9.84 Å². The van der Waals surface area contributed by atoms with Crippen molar-refractivity contribution in [3.8, 4) is 16.3 Å². The third-order valence-corrected chi connectivity index (χ3v) is 11.1. The maximum Gasteiger partial charge on any atom is 0.296 e. The molecule has 1 aliphatic rings. The van der Waals surface area contributed by atoms with Gasteiger partial charge in [-0.2, -0.15) is 0 Å². The average molecular weight is 677 g/mol. The van der Waals surface area contributed by atoms with E-state index >= 15 is 0 Å². The summed E-state index contributed by atoms with van der Waals surface area (Å²) in [5, 5.41) is 23.4. The zero-order valence-electron chi connectivity index (χ0n) is 25.4. The second-order valence-electron chi connectivity index (χ2n) is 10.7. The largest absolute Gasteiger partial charge is 0.503 e. The van der Waals surface area contributed by atoms with Gasteiger partial charge in [-0.15, -0.1) is 21.5 Å². The number of ketones is 1. The topological polar surface area (TPSA) is 106 Å². The Morgan fingerprint density at radius 3 is 2.47 bits per heavy atom. The number of aryl methyl sites for hydroxylation is 1. The van der Waals surface area contributed by atoms with Crippen LogP contribution in [0.25, 0.3) is 21.3 Å². The molecule has 1 atom stereocenters. The molecular formula is C36H28N4O4S3. The summed E-state index contributed by atoms with van der Waals surface area (Å²) in [5.41, 5.74) is 3.17. The van der Waals surface area contributed by atoms with Gasteiger partial charge in [0.25, 0.3) is 5.91 Å².